The molecule has 0 atom stereocenters. The summed E-state index contributed by atoms with van der Waals surface area (Å²) in [6.07, 6.45) is 1.48. The van der Waals surface area contributed by atoms with Crippen LogP contribution in [0.25, 0.3) is 0 Å². The maximum absolute atomic E-state index is 12.4. The van der Waals surface area contributed by atoms with Crippen LogP contribution < -0.4 is 14.8 Å². The van der Waals surface area contributed by atoms with E-state index in [-0.39, 0.29) is 18.0 Å². The summed E-state index contributed by atoms with van der Waals surface area (Å²) < 4.78 is 15.3. The van der Waals surface area contributed by atoms with Crippen LogP contribution in [-0.2, 0) is 4.74 Å². The number of nitrogens with one attached hydrogen (secondary N) is 1. The number of benzene rings is 1. The quantitative estimate of drug-likeness (QED) is 0.819. The summed E-state index contributed by atoms with van der Waals surface area (Å²) in [7, 11) is 2.99. The smallest absolute Gasteiger partial charge is 0.341 e. The van der Waals surface area contributed by atoms with Crippen molar-refractivity contribution < 1.29 is 23.8 Å². The first-order valence-corrected chi connectivity index (χ1v) is 7.26. The summed E-state index contributed by atoms with van der Waals surface area (Å²) >= 11 is 0. The first-order valence-electron chi connectivity index (χ1n) is 7.26. The summed E-state index contributed by atoms with van der Waals surface area (Å²) in [6.45, 7) is 1.94. The number of rotatable bonds is 6. The van der Waals surface area contributed by atoms with Gasteiger partial charge in [-0.1, -0.05) is 0 Å². The van der Waals surface area contributed by atoms with Crippen LogP contribution in [-0.4, -0.2) is 37.7 Å². The zero-order chi connectivity index (χ0) is 17.5. The molecular weight excluding hydrogens is 312 g/mol. The Kier molecular flexibility index (Phi) is 5.73. The molecular formula is C17H18N2O5. The van der Waals surface area contributed by atoms with Crippen LogP contribution in [0.1, 0.15) is 27.6 Å². The number of nitrogens with zero attached hydrogens (tertiary/aromatic N) is 1. The van der Waals surface area contributed by atoms with E-state index in [0.29, 0.717) is 17.1 Å². The third-order valence-corrected chi connectivity index (χ3v) is 3.18. The molecule has 2 aromatic rings. The van der Waals surface area contributed by atoms with Crippen molar-refractivity contribution in [2.24, 2.45) is 0 Å². The third kappa shape index (κ3) is 3.81. The van der Waals surface area contributed by atoms with Crippen molar-refractivity contribution in [2.75, 3.05) is 26.1 Å². The summed E-state index contributed by atoms with van der Waals surface area (Å²) in [5.41, 5.74) is 0.529. The number of hydrogen-bond acceptors (Lipinski definition) is 6. The van der Waals surface area contributed by atoms with Gasteiger partial charge in [0.15, 0.2) is 11.5 Å². The highest BCUT2D eigenvalue weighted by Gasteiger charge is 2.17. The van der Waals surface area contributed by atoms with Crippen LogP contribution in [0.2, 0.25) is 0 Å². The fourth-order valence-corrected chi connectivity index (χ4v) is 2.04. The van der Waals surface area contributed by atoms with Gasteiger partial charge in [-0.25, -0.2) is 9.78 Å². The number of methoxy groups -OCH3 is 2. The fourth-order valence-electron chi connectivity index (χ4n) is 2.04. The molecule has 0 saturated carbocycles. The van der Waals surface area contributed by atoms with Gasteiger partial charge in [-0.3, -0.25) is 4.79 Å². The molecule has 0 bridgehead atoms. The lowest BCUT2D eigenvalue weighted by Gasteiger charge is -2.11. The molecule has 0 aliphatic carbocycles. The lowest BCUT2D eigenvalue weighted by Crippen LogP contribution is -2.17. The zero-order valence-electron chi connectivity index (χ0n) is 13.7. The lowest BCUT2D eigenvalue weighted by molar-refractivity contribution is 0.0527. The second-order valence-electron chi connectivity index (χ2n) is 4.64. The standard InChI is InChI=1S/C17H18N2O5/c1-4-24-17(21)12-6-5-9-18-15(12)19-16(20)11-7-8-13(22-2)14(10-11)23-3/h5-10H,4H2,1-3H3,(H,18,19,20). The van der Waals surface area contributed by atoms with Gasteiger partial charge in [-0.05, 0) is 37.3 Å². The van der Waals surface area contributed by atoms with Crippen molar-refractivity contribution in [1.82, 2.24) is 4.98 Å². The molecule has 0 radical (unpaired) electrons. The second-order valence-corrected chi connectivity index (χ2v) is 4.64. The van der Waals surface area contributed by atoms with Crippen LogP contribution in [0.3, 0.4) is 0 Å². The molecule has 1 aromatic carbocycles. The van der Waals surface area contributed by atoms with Gasteiger partial charge in [0.1, 0.15) is 11.4 Å². The summed E-state index contributed by atoms with van der Waals surface area (Å²) in [5, 5.41) is 2.61. The Bertz CT molecular complexity index is 746. The van der Waals surface area contributed by atoms with Gasteiger partial charge in [0.25, 0.3) is 5.91 Å². The minimum Gasteiger partial charge on any atom is -0.493 e. The van der Waals surface area contributed by atoms with Crippen molar-refractivity contribution in [3.05, 3.63) is 47.7 Å². The van der Waals surface area contributed by atoms with Crippen molar-refractivity contribution in [2.45, 2.75) is 6.92 Å². The van der Waals surface area contributed by atoms with E-state index < -0.39 is 11.9 Å². The predicted molar refractivity (Wildman–Crippen MR) is 87.7 cm³/mol. The van der Waals surface area contributed by atoms with E-state index in [9.17, 15) is 9.59 Å². The number of hydrogen-bond donors (Lipinski definition) is 1. The molecule has 1 heterocycles. The van der Waals surface area contributed by atoms with E-state index in [2.05, 4.69) is 10.3 Å². The van der Waals surface area contributed by atoms with Crippen LogP contribution in [0.5, 0.6) is 11.5 Å². The number of amides is 1. The zero-order valence-corrected chi connectivity index (χ0v) is 13.7. The van der Waals surface area contributed by atoms with Gasteiger partial charge in [0.05, 0.1) is 20.8 Å². The van der Waals surface area contributed by atoms with E-state index in [1.165, 1.54) is 26.5 Å². The Labute approximate surface area is 139 Å². The van der Waals surface area contributed by atoms with E-state index >= 15 is 0 Å². The lowest BCUT2D eigenvalue weighted by atomic mass is 10.1. The highest BCUT2D eigenvalue weighted by Crippen LogP contribution is 2.28. The third-order valence-electron chi connectivity index (χ3n) is 3.18. The van der Waals surface area contributed by atoms with E-state index in [0.717, 1.165) is 0 Å². The Morgan fingerprint density at radius 3 is 2.54 bits per heavy atom. The number of aromatic nitrogens is 1. The van der Waals surface area contributed by atoms with Gasteiger partial charge in [-0.15, -0.1) is 0 Å². The molecule has 0 saturated heterocycles. The largest absolute Gasteiger partial charge is 0.493 e. The second kappa shape index (κ2) is 7.96. The SMILES string of the molecule is CCOC(=O)c1cccnc1NC(=O)c1ccc(OC)c(OC)c1. The van der Waals surface area contributed by atoms with Crippen LogP contribution in [0.4, 0.5) is 5.82 Å². The van der Waals surface area contributed by atoms with Gasteiger partial charge < -0.3 is 19.5 Å². The summed E-state index contributed by atoms with van der Waals surface area (Å²) in [6, 6.07) is 7.89. The van der Waals surface area contributed by atoms with Gasteiger partial charge in [0.2, 0.25) is 0 Å². The molecule has 0 fully saturated rings. The Hall–Kier alpha value is -3.09. The molecule has 7 nitrogen and oxygen atoms in total. The predicted octanol–water partition coefficient (Wildman–Crippen LogP) is 2.53. The van der Waals surface area contributed by atoms with Crippen LogP contribution in [0.15, 0.2) is 36.5 Å². The topological polar surface area (TPSA) is 86.8 Å². The number of pyridine rings is 1. The average molecular weight is 330 g/mol. The highest BCUT2D eigenvalue weighted by molar-refractivity contribution is 6.07. The summed E-state index contributed by atoms with van der Waals surface area (Å²) in [4.78, 5) is 28.4. The molecule has 0 aliphatic rings. The average Bonchev–Trinajstić information content (AvgIpc) is 2.61. The Morgan fingerprint density at radius 2 is 1.88 bits per heavy atom. The van der Waals surface area contributed by atoms with Crippen LogP contribution in [0, 0.1) is 0 Å². The number of carbonyl (C=O) groups excluding carboxylic acids is 2. The number of anilines is 1. The van der Waals surface area contributed by atoms with Crippen molar-refractivity contribution in [3.8, 4) is 11.5 Å². The molecule has 1 N–H and O–H groups in total. The maximum Gasteiger partial charge on any atom is 0.341 e. The molecule has 1 amide bonds. The van der Waals surface area contributed by atoms with Crippen molar-refractivity contribution in [3.63, 3.8) is 0 Å². The number of esters is 1. The maximum atomic E-state index is 12.4. The van der Waals surface area contributed by atoms with E-state index in [4.69, 9.17) is 14.2 Å². The minimum absolute atomic E-state index is 0.135. The first kappa shape index (κ1) is 17.3. The first-order chi connectivity index (χ1) is 11.6. The molecule has 0 spiro atoms. The molecule has 7 heteroatoms. The van der Waals surface area contributed by atoms with Crippen LogP contribution >= 0.6 is 0 Å². The highest BCUT2D eigenvalue weighted by atomic mass is 16.5. The number of ether oxygens (including phenoxy) is 3. The van der Waals surface area contributed by atoms with E-state index in [1.54, 1.807) is 31.2 Å². The molecule has 2 rings (SSSR count). The minimum atomic E-state index is -0.548. The monoisotopic (exact) mass is 330 g/mol. The van der Waals surface area contributed by atoms with Crippen molar-refractivity contribution in [1.29, 1.82) is 0 Å². The fraction of sp³-hybridized carbons (Fsp3) is 0.235. The molecule has 24 heavy (non-hydrogen) atoms. The Morgan fingerprint density at radius 1 is 1.12 bits per heavy atom. The number of carbonyl (C=O) groups is 2. The van der Waals surface area contributed by atoms with Gasteiger partial charge in [0, 0.05) is 11.8 Å². The molecule has 0 unspecified atom stereocenters. The normalized spacial score (nSPS) is 9.96. The van der Waals surface area contributed by atoms with E-state index in [1.807, 2.05) is 0 Å². The molecule has 0 aliphatic heterocycles. The Balaban J connectivity index is 2.26. The molecule has 126 valence electrons. The van der Waals surface area contributed by atoms with Gasteiger partial charge in [-0.2, -0.15) is 0 Å². The van der Waals surface area contributed by atoms with Crippen molar-refractivity contribution >= 4 is 17.7 Å². The van der Waals surface area contributed by atoms with Gasteiger partial charge >= 0.3 is 5.97 Å². The molecule has 1 aromatic heterocycles. The summed E-state index contributed by atoms with van der Waals surface area (Å²) in [5.74, 6) is 0.0973.